The number of nitrogens with zero attached hydrogens (tertiary/aromatic N) is 1. The summed E-state index contributed by atoms with van der Waals surface area (Å²) >= 11 is 1.60. The standard InChI is InChI=1S/C15H17NO2S/c1-15(2,11-6-4-3-5-7-11)14-16-12(10-19-14)8-9-13(17)18/h3-7,10H,8-9H2,1-2H3,(H,17,18). The first-order chi connectivity index (χ1) is 9.00. The Labute approximate surface area is 116 Å². The number of hydrogen-bond donors (Lipinski definition) is 1. The average Bonchev–Trinajstić information content (AvgIpc) is 2.87. The van der Waals surface area contributed by atoms with E-state index in [9.17, 15) is 4.79 Å². The first-order valence-corrected chi connectivity index (χ1v) is 7.10. The Bertz CT molecular complexity index is 561. The van der Waals surface area contributed by atoms with Gasteiger partial charge in [0.2, 0.25) is 0 Å². The van der Waals surface area contributed by atoms with E-state index in [1.807, 2.05) is 23.6 Å². The van der Waals surface area contributed by atoms with E-state index < -0.39 is 5.97 Å². The molecule has 1 aromatic heterocycles. The minimum Gasteiger partial charge on any atom is -0.481 e. The van der Waals surface area contributed by atoms with Crippen molar-refractivity contribution in [1.82, 2.24) is 4.98 Å². The van der Waals surface area contributed by atoms with Crippen LogP contribution in [0.15, 0.2) is 35.7 Å². The van der Waals surface area contributed by atoms with Crippen molar-refractivity contribution in [2.24, 2.45) is 0 Å². The van der Waals surface area contributed by atoms with Gasteiger partial charge in [0.1, 0.15) is 5.01 Å². The molecule has 0 fully saturated rings. The number of aryl methyl sites for hydroxylation is 1. The summed E-state index contributed by atoms with van der Waals surface area (Å²) in [5.41, 5.74) is 1.94. The van der Waals surface area contributed by atoms with E-state index >= 15 is 0 Å². The summed E-state index contributed by atoms with van der Waals surface area (Å²) in [6, 6.07) is 10.2. The quantitative estimate of drug-likeness (QED) is 0.908. The molecule has 3 nitrogen and oxygen atoms in total. The molecule has 0 aliphatic rings. The molecular formula is C15H17NO2S. The predicted octanol–water partition coefficient (Wildman–Crippen LogP) is 3.49. The van der Waals surface area contributed by atoms with Crippen LogP contribution in [0.2, 0.25) is 0 Å². The van der Waals surface area contributed by atoms with Gasteiger partial charge in [0.05, 0.1) is 12.1 Å². The molecule has 19 heavy (non-hydrogen) atoms. The first-order valence-electron chi connectivity index (χ1n) is 6.22. The van der Waals surface area contributed by atoms with Crippen LogP contribution in [0.25, 0.3) is 0 Å². The zero-order valence-corrected chi connectivity index (χ0v) is 11.9. The summed E-state index contributed by atoms with van der Waals surface area (Å²) < 4.78 is 0. The second-order valence-electron chi connectivity index (χ2n) is 5.03. The van der Waals surface area contributed by atoms with Gasteiger partial charge in [-0.25, -0.2) is 4.98 Å². The average molecular weight is 275 g/mol. The van der Waals surface area contributed by atoms with Crippen molar-refractivity contribution >= 4 is 17.3 Å². The highest BCUT2D eigenvalue weighted by molar-refractivity contribution is 7.09. The molecule has 2 rings (SSSR count). The summed E-state index contributed by atoms with van der Waals surface area (Å²) in [6.07, 6.45) is 0.631. The molecule has 0 saturated carbocycles. The topological polar surface area (TPSA) is 50.2 Å². The van der Waals surface area contributed by atoms with E-state index in [4.69, 9.17) is 5.11 Å². The number of carbonyl (C=O) groups is 1. The molecule has 1 aromatic carbocycles. The van der Waals surface area contributed by atoms with Crippen molar-refractivity contribution in [2.45, 2.75) is 32.1 Å². The lowest BCUT2D eigenvalue weighted by Crippen LogP contribution is -2.18. The molecule has 0 amide bonds. The lowest BCUT2D eigenvalue weighted by molar-refractivity contribution is -0.136. The van der Waals surface area contributed by atoms with Crippen LogP contribution in [-0.4, -0.2) is 16.1 Å². The SMILES string of the molecule is CC(C)(c1ccccc1)c1nc(CCC(=O)O)cs1. The normalized spacial score (nSPS) is 11.5. The highest BCUT2D eigenvalue weighted by atomic mass is 32.1. The van der Waals surface area contributed by atoms with Crippen molar-refractivity contribution in [1.29, 1.82) is 0 Å². The molecule has 1 N–H and O–H groups in total. The number of rotatable bonds is 5. The minimum atomic E-state index is -0.781. The molecule has 0 radical (unpaired) electrons. The van der Waals surface area contributed by atoms with Gasteiger partial charge in [-0.05, 0) is 19.4 Å². The Morgan fingerprint density at radius 3 is 2.63 bits per heavy atom. The molecule has 1 heterocycles. The molecule has 0 aliphatic carbocycles. The Hall–Kier alpha value is -1.68. The van der Waals surface area contributed by atoms with E-state index in [1.54, 1.807) is 11.3 Å². The zero-order chi connectivity index (χ0) is 13.9. The third-order valence-electron chi connectivity index (χ3n) is 3.18. The smallest absolute Gasteiger partial charge is 0.303 e. The fourth-order valence-corrected chi connectivity index (χ4v) is 2.92. The van der Waals surface area contributed by atoms with Gasteiger partial charge in [0.15, 0.2) is 0 Å². The number of hydrogen-bond acceptors (Lipinski definition) is 3. The summed E-state index contributed by atoms with van der Waals surface area (Å²) in [5.74, 6) is -0.781. The van der Waals surface area contributed by atoms with Crippen molar-refractivity contribution in [3.63, 3.8) is 0 Å². The summed E-state index contributed by atoms with van der Waals surface area (Å²) in [4.78, 5) is 15.2. The highest BCUT2D eigenvalue weighted by Crippen LogP contribution is 2.33. The molecular weight excluding hydrogens is 258 g/mol. The summed E-state index contributed by atoms with van der Waals surface area (Å²) in [6.45, 7) is 4.28. The molecule has 2 aromatic rings. The Kier molecular flexibility index (Phi) is 4.00. The molecule has 0 saturated heterocycles. The van der Waals surface area contributed by atoms with E-state index in [1.165, 1.54) is 5.56 Å². The van der Waals surface area contributed by atoms with Gasteiger partial charge in [-0.3, -0.25) is 4.79 Å². The fraction of sp³-hybridized carbons (Fsp3) is 0.333. The van der Waals surface area contributed by atoms with Crippen LogP contribution >= 0.6 is 11.3 Å². The van der Waals surface area contributed by atoms with Crippen molar-refractivity contribution in [3.05, 3.63) is 52.0 Å². The van der Waals surface area contributed by atoms with E-state index in [2.05, 4.69) is 31.0 Å². The number of carboxylic acid groups (broad SMARTS) is 1. The second kappa shape index (κ2) is 5.53. The van der Waals surface area contributed by atoms with Crippen LogP contribution < -0.4 is 0 Å². The number of benzene rings is 1. The van der Waals surface area contributed by atoms with Crippen LogP contribution in [0.5, 0.6) is 0 Å². The maximum absolute atomic E-state index is 10.6. The third kappa shape index (κ3) is 3.20. The number of thiazole rings is 1. The fourth-order valence-electron chi connectivity index (χ4n) is 1.92. The maximum atomic E-state index is 10.6. The predicted molar refractivity (Wildman–Crippen MR) is 76.6 cm³/mol. The molecule has 4 heteroatoms. The Morgan fingerprint density at radius 1 is 1.32 bits per heavy atom. The van der Waals surface area contributed by atoms with Crippen LogP contribution in [0.3, 0.4) is 0 Å². The van der Waals surface area contributed by atoms with E-state index in [0.717, 1.165) is 10.7 Å². The van der Waals surface area contributed by atoms with E-state index in [-0.39, 0.29) is 11.8 Å². The van der Waals surface area contributed by atoms with Crippen LogP contribution in [0, 0.1) is 0 Å². The lowest BCUT2D eigenvalue weighted by Gasteiger charge is -2.22. The summed E-state index contributed by atoms with van der Waals surface area (Å²) in [7, 11) is 0. The van der Waals surface area contributed by atoms with Gasteiger partial charge in [-0.1, -0.05) is 30.3 Å². The van der Waals surface area contributed by atoms with Crippen LogP contribution in [-0.2, 0) is 16.6 Å². The molecule has 0 atom stereocenters. The van der Waals surface area contributed by atoms with Gasteiger partial charge in [0, 0.05) is 17.2 Å². The number of carboxylic acids is 1. The molecule has 0 spiro atoms. The van der Waals surface area contributed by atoms with Gasteiger partial charge >= 0.3 is 5.97 Å². The second-order valence-corrected chi connectivity index (χ2v) is 5.89. The molecule has 0 bridgehead atoms. The van der Waals surface area contributed by atoms with Gasteiger partial charge in [-0.2, -0.15) is 0 Å². The van der Waals surface area contributed by atoms with Gasteiger partial charge < -0.3 is 5.11 Å². The van der Waals surface area contributed by atoms with Gasteiger partial charge in [0.25, 0.3) is 0 Å². The zero-order valence-electron chi connectivity index (χ0n) is 11.1. The van der Waals surface area contributed by atoms with Gasteiger partial charge in [-0.15, -0.1) is 11.3 Å². The molecule has 100 valence electrons. The lowest BCUT2D eigenvalue weighted by atomic mass is 9.85. The summed E-state index contributed by atoms with van der Waals surface area (Å²) in [5, 5.41) is 11.7. The monoisotopic (exact) mass is 275 g/mol. The maximum Gasteiger partial charge on any atom is 0.303 e. The molecule has 0 unspecified atom stereocenters. The third-order valence-corrected chi connectivity index (χ3v) is 4.39. The Balaban J connectivity index is 2.20. The molecule has 0 aliphatic heterocycles. The van der Waals surface area contributed by atoms with Crippen molar-refractivity contribution in [2.75, 3.05) is 0 Å². The minimum absolute atomic E-state index is 0.134. The van der Waals surface area contributed by atoms with Crippen LogP contribution in [0.4, 0.5) is 0 Å². The Morgan fingerprint density at radius 2 is 2.00 bits per heavy atom. The highest BCUT2D eigenvalue weighted by Gasteiger charge is 2.26. The largest absolute Gasteiger partial charge is 0.481 e. The number of aromatic nitrogens is 1. The van der Waals surface area contributed by atoms with Crippen LogP contribution in [0.1, 0.15) is 36.5 Å². The number of aliphatic carboxylic acids is 1. The van der Waals surface area contributed by atoms with Crippen molar-refractivity contribution in [3.8, 4) is 0 Å². The van der Waals surface area contributed by atoms with E-state index in [0.29, 0.717) is 6.42 Å². The first kappa shape index (κ1) is 13.7. The van der Waals surface area contributed by atoms with Crippen molar-refractivity contribution < 1.29 is 9.90 Å².